The Balaban J connectivity index is 1.62. The second-order valence-corrected chi connectivity index (χ2v) is 7.80. The van der Waals surface area contributed by atoms with Crippen LogP contribution in [-0.4, -0.2) is 53.8 Å². The van der Waals surface area contributed by atoms with E-state index in [2.05, 4.69) is 34.2 Å². The van der Waals surface area contributed by atoms with Crippen molar-refractivity contribution in [3.8, 4) is 0 Å². The largest absolute Gasteiger partial charge is 0.373 e. The lowest BCUT2D eigenvalue weighted by atomic mass is 9.97. The van der Waals surface area contributed by atoms with E-state index in [4.69, 9.17) is 4.74 Å². The Morgan fingerprint density at radius 2 is 2.22 bits per heavy atom. The van der Waals surface area contributed by atoms with Crippen molar-refractivity contribution in [2.24, 2.45) is 0 Å². The van der Waals surface area contributed by atoms with Gasteiger partial charge in [0.25, 0.3) is 0 Å². The monoisotopic (exact) mass is 332 g/mol. The molecule has 1 N–H and O–H groups in total. The minimum atomic E-state index is 0.202. The van der Waals surface area contributed by atoms with Gasteiger partial charge in [0.05, 0.1) is 24.1 Å². The molecule has 0 aromatic carbocycles. The van der Waals surface area contributed by atoms with Crippen molar-refractivity contribution < 1.29 is 4.74 Å². The van der Waals surface area contributed by atoms with Crippen molar-refractivity contribution in [1.82, 2.24) is 14.9 Å². The molecule has 0 radical (unpaired) electrons. The Hall–Kier alpha value is -1.24. The van der Waals surface area contributed by atoms with Crippen LogP contribution in [0.3, 0.4) is 0 Å². The van der Waals surface area contributed by atoms with Gasteiger partial charge >= 0.3 is 0 Å². The maximum atomic E-state index is 5.94. The van der Waals surface area contributed by atoms with Crippen LogP contribution in [0.15, 0.2) is 6.33 Å². The second-order valence-electron chi connectivity index (χ2n) is 6.72. The number of nitrogens with one attached hydrogen (secondary N) is 1. The molecule has 5 nitrogen and oxygen atoms in total. The number of morpholine rings is 1. The number of hydrogen-bond donors (Lipinski definition) is 1. The molecule has 6 heteroatoms. The van der Waals surface area contributed by atoms with Crippen molar-refractivity contribution in [2.75, 3.05) is 32.1 Å². The Morgan fingerprint density at radius 3 is 3.09 bits per heavy atom. The van der Waals surface area contributed by atoms with Gasteiger partial charge < -0.3 is 15.0 Å². The predicted molar refractivity (Wildman–Crippen MR) is 94.4 cm³/mol. The van der Waals surface area contributed by atoms with Gasteiger partial charge in [-0.2, -0.15) is 0 Å². The minimum Gasteiger partial charge on any atom is -0.373 e. The van der Waals surface area contributed by atoms with Crippen LogP contribution in [0, 0.1) is 0 Å². The topological polar surface area (TPSA) is 50.3 Å². The van der Waals surface area contributed by atoms with Crippen molar-refractivity contribution in [1.29, 1.82) is 0 Å². The van der Waals surface area contributed by atoms with E-state index in [1.807, 2.05) is 11.3 Å². The van der Waals surface area contributed by atoms with Crippen LogP contribution >= 0.6 is 11.3 Å². The molecule has 0 bridgehead atoms. The zero-order chi connectivity index (χ0) is 15.8. The number of aromatic nitrogens is 2. The van der Waals surface area contributed by atoms with E-state index < -0.39 is 0 Å². The molecule has 0 saturated carbocycles. The van der Waals surface area contributed by atoms with Crippen molar-refractivity contribution in [3.63, 3.8) is 0 Å². The normalized spacial score (nSPS) is 23.7. The lowest BCUT2D eigenvalue weighted by Crippen LogP contribution is -2.47. The third kappa shape index (κ3) is 2.95. The van der Waals surface area contributed by atoms with Gasteiger partial charge in [-0.25, -0.2) is 9.97 Å². The van der Waals surface area contributed by atoms with Crippen molar-refractivity contribution in [3.05, 3.63) is 16.8 Å². The van der Waals surface area contributed by atoms with Gasteiger partial charge in [0.15, 0.2) is 0 Å². The van der Waals surface area contributed by atoms with Gasteiger partial charge in [-0.3, -0.25) is 0 Å². The fourth-order valence-corrected chi connectivity index (χ4v) is 4.85. The van der Waals surface area contributed by atoms with Crippen LogP contribution in [0.1, 0.15) is 30.2 Å². The Kier molecular flexibility index (Phi) is 4.22. The zero-order valence-electron chi connectivity index (χ0n) is 13.8. The Morgan fingerprint density at radius 1 is 1.35 bits per heavy atom. The van der Waals surface area contributed by atoms with Crippen molar-refractivity contribution in [2.45, 2.75) is 44.8 Å². The summed E-state index contributed by atoms with van der Waals surface area (Å²) in [6.45, 7) is 4.97. The molecule has 2 aromatic rings. The van der Waals surface area contributed by atoms with Gasteiger partial charge in [-0.1, -0.05) is 0 Å². The number of fused-ring (bicyclic) bond motifs is 3. The predicted octanol–water partition coefficient (Wildman–Crippen LogP) is 2.70. The molecule has 1 aliphatic heterocycles. The molecular formula is C17H24N4OS. The van der Waals surface area contributed by atoms with Gasteiger partial charge in [0, 0.05) is 18.0 Å². The maximum Gasteiger partial charge on any atom is 0.138 e. The summed E-state index contributed by atoms with van der Waals surface area (Å²) >= 11 is 1.85. The van der Waals surface area contributed by atoms with Crippen LogP contribution in [0.5, 0.6) is 0 Å². The lowest BCUT2D eigenvalue weighted by molar-refractivity contribution is -0.0259. The molecule has 2 aliphatic rings. The fourth-order valence-electron chi connectivity index (χ4n) is 3.62. The summed E-state index contributed by atoms with van der Waals surface area (Å²) in [4.78, 5) is 14.0. The molecule has 2 unspecified atom stereocenters. The zero-order valence-corrected chi connectivity index (χ0v) is 14.7. The number of anilines is 1. The van der Waals surface area contributed by atoms with E-state index in [0.717, 1.165) is 36.8 Å². The maximum absolute atomic E-state index is 5.94. The van der Waals surface area contributed by atoms with Gasteiger partial charge in [-0.15, -0.1) is 11.3 Å². The molecular weight excluding hydrogens is 308 g/mol. The quantitative estimate of drug-likeness (QED) is 0.936. The first-order chi connectivity index (χ1) is 11.2. The third-order valence-corrected chi connectivity index (χ3v) is 6.17. The summed E-state index contributed by atoms with van der Waals surface area (Å²) in [5.74, 6) is 0.985. The fraction of sp³-hybridized carbons (Fsp3) is 0.647. The highest BCUT2D eigenvalue weighted by Gasteiger charge is 2.26. The summed E-state index contributed by atoms with van der Waals surface area (Å²) in [5, 5.41) is 4.87. The molecule has 1 fully saturated rings. The second kappa shape index (κ2) is 6.34. The summed E-state index contributed by atoms with van der Waals surface area (Å²) in [6, 6.07) is 0.231. The van der Waals surface area contributed by atoms with Gasteiger partial charge in [0.2, 0.25) is 0 Å². The number of aryl methyl sites for hydroxylation is 2. The van der Waals surface area contributed by atoms with E-state index in [-0.39, 0.29) is 12.1 Å². The highest BCUT2D eigenvalue weighted by Crippen LogP contribution is 2.38. The standard InChI is InChI=1S/C17H24N4OS/c1-11(13-9-21(2)7-8-22-13)20-16-15-12-5-3-4-6-14(12)23-17(15)19-10-18-16/h10-11,13H,3-9H2,1-2H3,(H,18,19,20). The molecule has 1 saturated heterocycles. The van der Waals surface area contributed by atoms with Crippen LogP contribution in [0.25, 0.3) is 10.2 Å². The average molecular weight is 332 g/mol. The summed E-state index contributed by atoms with van der Waals surface area (Å²) in [5.41, 5.74) is 1.48. The number of ether oxygens (including phenoxy) is 1. The molecule has 2 aromatic heterocycles. The molecule has 0 spiro atoms. The van der Waals surface area contributed by atoms with Crippen molar-refractivity contribution >= 4 is 27.4 Å². The number of hydrogen-bond acceptors (Lipinski definition) is 6. The van der Waals surface area contributed by atoms with Crippen LogP contribution in [-0.2, 0) is 17.6 Å². The van der Waals surface area contributed by atoms with Crippen LogP contribution < -0.4 is 5.32 Å². The molecule has 3 heterocycles. The van der Waals surface area contributed by atoms with Crippen LogP contribution in [0.2, 0.25) is 0 Å². The lowest BCUT2D eigenvalue weighted by Gasteiger charge is -2.34. The molecule has 2 atom stereocenters. The first-order valence-corrected chi connectivity index (χ1v) is 9.36. The third-order valence-electron chi connectivity index (χ3n) is 4.97. The summed E-state index contributed by atoms with van der Waals surface area (Å²) in [6.07, 6.45) is 6.82. The van der Waals surface area contributed by atoms with E-state index in [9.17, 15) is 0 Å². The number of thiophene rings is 1. The van der Waals surface area contributed by atoms with E-state index in [1.54, 1.807) is 6.33 Å². The number of nitrogens with zero attached hydrogens (tertiary/aromatic N) is 3. The highest BCUT2D eigenvalue weighted by atomic mass is 32.1. The Bertz CT molecular complexity index is 701. The van der Waals surface area contributed by atoms with E-state index >= 15 is 0 Å². The first-order valence-electron chi connectivity index (χ1n) is 8.54. The molecule has 124 valence electrons. The minimum absolute atomic E-state index is 0.202. The number of rotatable bonds is 3. The molecule has 1 aliphatic carbocycles. The first kappa shape index (κ1) is 15.3. The Labute approximate surface area is 141 Å². The average Bonchev–Trinajstić information content (AvgIpc) is 2.94. The smallest absolute Gasteiger partial charge is 0.138 e. The summed E-state index contributed by atoms with van der Waals surface area (Å²) in [7, 11) is 2.15. The highest BCUT2D eigenvalue weighted by molar-refractivity contribution is 7.19. The van der Waals surface area contributed by atoms with Gasteiger partial charge in [-0.05, 0) is 45.2 Å². The van der Waals surface area contributed by atoms with Gasteiger partial charge in [0.1, 0.15) is 17.0 Å². The molecule has 4 rings (SSSR count). The van der Waals surface area contributed by atoms with Crippen LogP contribution in [0.4, 0.5) is 5.82 Å². The number of likely N-dealkylation sites (N-methyl/N-ethyl adjacent to an activating group) is 1. The summed E-state index contributed by atoms with van der Waals surface area (Å²) < 4.78 is 5.94. The molecule has 0 amide bonds. The van der Waals surface area contributed by atoms with E-state index in [1.165, 1.54) is 35.1 Å². The van der Waals surface area contributed by atoms with E-state index in [0.29, 0.717) is 0 Å². The molecule has 23 heavy (non-hydrogen) atoms. The SMILES string of the molecule is CC(Nc1ncnc2sc3c(c12)CCCC3)C1CN(C)CCO1.